The quantitative estimate of drug-likeness (QED) is 0.643. The summed E-state index contributed by atoms with van der Waals surface area (Å²) in [7, 11) is 0. The Bertz CT molecular complexity index is 264. The van der Waals surface area contributed by atoms with E-state index in [0.717, 1.165) is 0 Å². The molecule has 1 aromatic carbocycles. The maximum Gasteiger partial charge on any atom is 0.389 e. The molecule has 0 saturated heterocycles. The molecule has 0 amide bonds. The van der Waals surface area contributed by atoms with Crippen molar-refractivity contribution in [3.05, 3.63) is 48.9 Å². The highest BCUT2D eigenvalue weighted by Gasteiger charge is 2.16. The van der Waals surface area contributed by atoms with Gasteiger partial charge < -0.3 is 0 Å². The lowest BCUT2D eigenvalue weighted by molar-refractivity contribution is -0.0829. The van der Waals surface area contributed by atoms with Gasteiger partial charge in [-0.05, 0) is 12.5 Å². The van der Waals surface area contributed by atoms with Crippen molar-refractivity contribution in [2.75, 3.05) is 0 Å². The maximum atomic E-state index is 10.2. The minimum atomic E-state index is -4.25. The fourth-order valence-electron chi connectivity index (χ4n) is 0.703. The molecule has 0 atom stereocenters. The average Bonchev–Trinajstić information content (AvgIpc) is 2.03. The first kappa shape index (κ1) is 12.8. The minimum absolute atomic E-state index is 1.18. The second-order valence-electron chi connectivity index (χ2n) is 2.73. The summed E-state index contributed by atoms with van der Waals surface area (Å²) >= 11 is 0. The molecule has 0 saturated carbocycles. The molecular formula is C11H12F3. The fourth-order valence-corrected chi connectivity index (χ4v) is 0.703. The van der Waals surface area contributed by atoms with Crippen molar-refractivity contribution in [1.82, 2.24) is 0 Å². The molecule has 3 heteroatoms. The van der Waals surface area contributed by atoms with E-state index < -0.39 is 6.18 Å². The molecule has 0 heterocycles. The molecule has 1 radical (unpaired) electrons. The number of rotatable bonds is 1. The van der Waals surface area contributed by atoms with E-state index in [1.54, 1.807) is 6.92 Å². The molecule has 0 aliphatic carbocycles. The molecule has 0 aliphatic rings. The Morgan fingerprint density at radius 3 is 1.79 bits per heavy atom. The SMILES string of the molecule is C=Cc1ccc(C)cc1.[CH2]C(F)(F)F. The van der Waals surface area contributed by atoms with Crippen molar-refractivity contribution in [3.8, 4) is 0 Å². The highest BCUT2D eigenvalue weighted by atomic mass is 19.4. The number of benzene rings is 1. The third-order valence-corrected chi connectivity index (χ3v) is 1.31. The van der Waals surface area contributed by atoms with Crippen molar-refractivity contribution in [3.63, 3.8) is 0 Å². The van der Waals surface area contributed by atoms with Crippen LogP contribution < -0.4 is 0 Å². The normalized spacial score (nSPS) is 10.1. The summed E-state index contributed by atoms with van der Waals surface area (Å²) in [5.74, 6) is 0. The lowest BCUT2D eigenvalue weighted by Gasteiger charge is -1.91. The average molecular weight is 201 g/mol. The van der Waals surface area contributed by atoms with E-state index in [-0.39, 0.29) is 0 Å². The second-order valence-corrected chi connectivity index (χ2v) is 2.73. The highest BCUT2D eigenvalue weighted by molar-refractivity contribution is 5.46. The molecule has 0 unspecified atom stereocenters. The van der Waals surface area contributed by atoms with Crippen LogP contribution in [0.25, 0.3) is 6.08 Å². The van der Waals surface area contributed by atoms with Crippen LogP contribution in [0.5, 0.6) is 0 Å². The fraction of sp³-hybridized carbons (Fsp3) is 0.182. The summed E-state index contributed by atoms with van der Waals surface area (Å²) in [6, 6.07) is 8.28. The van der Waals surface area contributed by atoms with Crippen LogP contribution in [0.1, 0.15) is 11.1 Å². The molecule has 0 aromatic heterocycles. The van der Waals surface area contributed by atoms with Crippen LogP contribution in [0, 0.1) is 13.8 Å². The first-order chi connectivity index (χ1) is 6.33. The lowest BCUT2D eigenvalue weighted by Crippen LogP contribution is -1.96. The standard InChI is InChI=1S/C9H10.C2H2F3/c1-3-9-6-4-8(2)5-7-9;1-2(3,4)5/h3-7H,1H2,2H3;1H2. The second kappa shape index (κ2) is 5.47. The summed E-state index contributed by atoms with van der Waals surface area (Å²) in [4.78, 5) is 0. The predicted molar refractivity (Wildman–Crippen MR) is 52.7 cm³/mol. The number of hydrogen-bond acceptors (Lipinski definition) is 0. The molecule has 0 bridgehead atoms. The summed E-state index contributed by atoms with van der Waals surface area (Å²) in [5, 5.41) is 0. The molecule has 1 rings (SSSR count). The van der Waals surface area contributed by atoms with E-state index in [1.165, 1.54) is 11.1 Å². The van der Waals surface area contributed by atoms with Gasteiger partial charge in [0.2, 0.25) is 0 Å². The van der Waals surface area contributed by atoms with Crippen LogP contribution in [0.2, 0.25) is 0 Å². The van der Waals surface area contributed by atoms with Gasteiger partial charge in [-0.15, -0.1) is 0 Å². The molecule has 0 fully saturated rings. The number of aryl methyl sites for hydroxylation is 1. The highest BCUT2D eigenvalue weighted by Crippen LogP contribution is 2.09. The third kappa shape index (κ3) is 8.84. The van der Waals surface area contributed by atoms with E-state index in [2.05, 4.69) is 37.8 Å². The summed E-state index contributed by atoms with van der Waals surface area (Å²) in [6.45, 7) is 7.51. The molecule has 0 spiro atoms. The summed E-state index contributed by atoms with van der Waals surface area (Å²) in [6.07, 6.45) is -2.40. The van der Waals surface area contributed by atoms with Gasteiger partial charge >= 0.3 is 6.18 Å². The van der Waals surface area contributed by atoms with Crippen LogP contribution in [0.15, 0.2) is 30.8 Å². The molecule has 0 N–H and O–H groups in total. The van der Waals surface area contributed by atoms with Crippen LogP contribution in [-0.2, 0) is 0 Å². The van der Waals surface area contributed by atoms with Crippen molar-refractivity contribution in [2.45, 2.75) is 13.1 Å². The molecule has 77 valence electrons. The predicted octanol–water partition coefficient (Wildman–Crippen LogP) is 4.02. The van der Waals surface area contributed by atoms with E-state index in [9.17, 15) is 13.2 Å². The topological polar surface area (TPSA) is 0 Å². The van der Waals surface area contributed by atoms with Gasteiger partial charge in [0.1, 0.15) is 0 Å². The Kier molecular flexibility index (Phi) is 4.99. The van der Waals surface area contributed by atoms with Gasteiger partial charge in [-0.25, -0.2) is 0 Å². The van der Waals surface area contributed by atoms with Gasteiger partial charge in [-0.3, -0.25) is 0 Å². The summed E-state index contributed by atoms with van der Waals surface area (Å²) in [5.41, 5.74) is 2.47. The van der Waals surface area contributed by atoms with Crippen LogP contribution >= 0.6 is 0 Å². The summed E-state index contributed by atoms with van der Waals surface area (Å²) < 4.78 is 30.7. The Morgan fingerprint density at radius 2 is 1.50 bits per heavy atom. The number of halogens is 3. The van der Waals surface area contributed by atoms with Gasteiger partial charge in [0.25, 0.3) is 0 Å². The third-order valence-electron chi connectivity index (χ3n) is 1.31. The van der Waals surface area contributed by atoms with Crippen LogP contribution in [0.3, 0.4) is 0 Å². The van der Waals surface area contributed by atoms with Gasteiger partial charge in [0.05, 0.1) is 6.92 Å². The largest absolute Gasteiger partial charge is 0.389 e. The van der Waals surface area contributed by atoms with E-state index in [1.807, 2.05) is 6.08 Å². The smallest absolute Gasteiger partial charge is 0.171 e. The lowest BCUT2D eigenvalue weighted by atomic mass is 10.2. The Morgan fingerprint density at radius 1 is 1.14 bits per heavy atom. The van der Waals surface area contributed by atoms with Crippen molar-refractivity contribution in [1.29, 1.82) is 0 Å². The van der Waals surface area contributed by atoms with Crippen molar-refractivity contribution < 1.29 is 13.2 Å². The van der Waals surface area contributed by atoms with Crippen molar-refractivity contribution >= 4 is 6.08 Å². The van der Waals surface area contributed by atoms with Gasteiger partial charge in [0.15, 0.2) is 0 Å². The van der Waals surface area contributed by atoms with Crippen LogP contribution in [-0.4, -0.2) is 6.18 Å². The van der Waals surface area contributed by atoms with Crippen LogP contribution in [0.4, 0.5) is 13.2 Å². The molecule has 0 aliphatic heterocycles. The Labute approximate surface area is 82.1 Å². The first-order valence-electron chi connectivity index (χ1n) is 3.94. The molecule has 14 heavy (non-hydrogen) atoms. The zero-order chi connectivity index (χ0) is 11.2. The molecule has 0 nitrogen and oxygen atoms in total. The van der Waals surface area contributed by atoms with E-state index in [0.29, 0.717) is 0 Å². The Balaban J connectivity index is 0.000000292. The van der Waals surface area contributed by atoms with Gasteiger partial charge in [-0.2, -0.15) is 13.2 Å². The zero-order valence-electron chi connectivity index (χ0n) is 7.93. The minimum Gasteiger partial charge on any atom is -0.171 e. The van der Waals surface area contributed by atoms with Gasteiger partial charge in [-0.1, -0.05) is 42.5 Å². The number of alkyl halides is 3. The monoisotopic (exact) mass is 201 g/mol. The van der Waals surface area contributed by atoms with E-state index >= 15 is 0 Å². The van der Waals surface area contributed by atoms with Gasteiger partial charge in [0, 0.05) is 0 Å². The Hall–Kier alpha value is -1.25. The molecular weight excluding hydrogens is 189 g/mol. The maximum absolute atomic E-state index is 10.2. The zero-order valence-corrected chi connectivity index (χ0v) is 7.93. The first-order valence-corrected chi connectivity index (χ1v) is 3.94. The van der Waals surface area contributed by atoms with E-state index in [4.69, 9.17) is 0 Å². The molecule has 1 aromatic rings. The van der Waals surface area contributed by atoms with Crippen molar-refractivity contribution in [2.24, 2.45) is 0 Å². The number of hydrogen-bond donors (Lipinski definition) is 0.